The molecule has 12 heteroatoms. The van der Waals surface area contributed by atoms with Gasteiger partial charge >= 0.3 is 12.6 Å². The highest BCUT2D eigenvalue weighted by atomic mass is 32.2. The van der Waals surface area contributed by atoms with Gasteiger partial charge in [0.25, 0.3) is 0 Å². The zero-order chi connectivity index (χ0) is 23.1. The van der Waals surface area contributed by atoms with Crippen LogP contribution in [0.2, 0.25) is 0 Å². The van der Waals surface area contributed by atoms with Crippen molar-refractivity contribution in [3.63, 3.8) is 0 Å². The second kappa shape index (κ2) is 11.2. The van der Waals surface area contributed by atoms with Gasteiger partial charge in [-0.3, -0.25) is 19.6 Å². The highest BCUT2D eigenvalue weighted by Gasteiger charge is 2.23. The third kappa shape index (κ3) is 6.39. The molecule has 0 saturated carbocycles. The molecule has 0 bridgehead atoms. The Morgan fingerprint density at radius 3 is 2.47 bits per heavy atom. The van der Waals surface area contributed by atoms with Gasteiger partial charge in [-0.2, -0.15) is 8.78 Å². The van der Waals surface area contributed by atoms with Crippen LogP contribution in [0.3, 0.4) is 0 Å². The summed E-state index contributed by atoms with van der Waals surface area (Å²) in [6, 6.07) is 5.58. The summed E-state index contributed by atoms with van der Waals surface area (Å²) in [6.07, 6.45) is 3.44. The lowest BCUT2D eigenvalue weighted by Gasteiger charge is -2.26. The number of nitrogens with one attached hydrogen (secondary N) is 2. The van der Waals surface area contributed by atoms with Crippen molar-refractivity contribution < 1.29 is 23.1 Å². The molecule has 9 nitrogen and oxygen atoms in total. The van der Waals surface area contributed by atoms with Crippen LogP contribution in [-0.4, -0.2) is 63.6 Å². The standard InChI is InChI=1S/C20H26F2N6O3S/c1-13(17(29)24-19(30)23-2)32-20-26-25-16(12-27-10-4-3-5-11-27)28(20)14-6-8-15(9-7-14)31-18(21)22/h6-9,13,18H,3-5,10-12H2,1-2H3,(H2,23,24,29,30)/t13-/m0/s1. The van der Waals surface area contributed by atoms with Crippen LogP contribution in [0, 0.1) is 0 Å². The molecule has 1 saturated heterocycles. The number of thioether (sulfide) groups is 1. The van der Waals surface area contributed by atoms with E-state index < -0.39 is 23.8 Å². The zero-order valence-electron chi connectivity index (χ0n) is 17.9. The first kappa shape index (κ1) is 23.9. The minimum Gasteiger partial charge on any atom is -0.435 e. The van der Waals surface area contributed by atoms with E-state index in [4.69, 9.17) is 0 Å². The van der Waals surface area contributed by atoms with Crippen LogP contribution in [0.15, 0.2) is 29.4 Å². The van der Waals surface area contributed by atoms with Crippen LogP contribution in [0.4, 0.5) is 13.6 Å². The maximum absolute atomic E-state index is 12.5. The highest BCUT2D eigenvalue weighted by molar-refractivity contribution is 8.00. The topological polar surface area (TPSA) is 101 Å². The molecule has 1 aliphatic rings. The van der Waals surface area contributed by atoms with Crippen molar-refractivity contribution in [2.24, 2.45) is 0 Å². The van der Waals surface area contributed by atoms with Crippen molar-refractivity contribution in [3.05, 3.63) is 30.1 Å². The monoisotopic (exact) mass is 468 g/mol. The number of imide groups is 1. The Labute approximate surface area is 188 Å². The van der Waals surface area contributed by atoms with Gasteiger partial charge in [-0.15, -0.1) is 10.2 Å². The fourth-order valence-corrected chi connectivity index (χ4v) is 4.21. The van der Waals surface area contributed by atoms with E-state index in [1.807, 2.05) is 0 Å². The molecule has 0 radical (unpaired) electrons. The Kier molecular flexibility index (Phi) is 8.39. The highest BCUT2D eigenvalue weighted by Crippen LogP contribution is 2.28. The molecule has 32 heavy (non-hydrogen) atoms. The molecular formula is C20H26F2N6O3S. The first-order valence-corrected chi connectivity index (χ1v) is 11.2. The van der Waals surface area contributed by atoms with Crippen LogP contribution in [0.5, 0.6) is 5.75 Å². The molecule has 2 N–H and O–H groups in total. The Morgan fingerprint density at radius 1 is 1.16 bits per heavy atom. The molecule has 1 aromatic carbocycles. The number of ether oxygens (including phenoxy) is 1. The van der Waals surface area contributed by atoms with Crippen LogP contribution in [0.25, 0.3) is 5.69 Å². The number of carbonyl (C=O) groups is 2. The number of hydrogen-bond donors (Lipinski definition) is 2. The van der Waals surface area contributed by atoms with Crippen LogP contribution in [0.1, 0.15) is 32.0 Å². The summed E-state index contributed by atoms with van der Waals surface area (Å²) in [5, 5.41) is 13.0. The van der Waals surface area contributed by atoms with Crippen LogP contribution in [-0.2, 0) is 11.3 Å². The largest absolute Gasteiger partial charge is 0.435 e. The lowest BCUT2D eigenvalue weighted by Crippen LogP contribution is -2.41. The average Bonchev–Trinajstić information content (AvgIpc) is 3.16. The summed E-state index contributed by atoms with van der Waals surface area (Å²) in [7, 11) is 1.42. The SMILES string of the molecule is CNC(=O)NC(=O)[C@H](C)Sc1nnc(CN2CCCCC2)n1-c1ccc(OC(F)F)cc1. The number of aromatic nitrogens is 3. The maximum atomic E-state index is 12.5. The Bertz CT molecular complexity index is 919. The number of rotatable bonds is 8. The number of piperidine rings is 1. The van der Waals surface area contributed by atoms with Gasteiger partial charge in [0.15, 0.2) is 11.0 Å². The number of nitrogens with zero attached hydrogens (tertiary/aromatic N) is 4. The molecule has 174 valence electrons. The van der Waals surface area contributed by atoms with Gasteiger partial charge in [0.1, 0.15) is 5.75 Å². The van der Waals surface area contributed by atoms with Gasteiger partial charge in [0.2, 0.25) is 5.91 Å². The number of urea groups is 1. The van der Waals surface area contributed by atoms with Gasteiger partial charge in [0, 0.05) is 12.7 Å². The molecule has 0 spiro atoms. The number of amides is 3. The van der Waals surface area contributed by atoms with E-state index in [2.05, 4.69) is 30.5 Å². The molecule has 2 aromatic rings. The predicted molar refractivity (Wildman–Crippen MR) is 115 cm³/mol. The van der Waals surface area contributed by atoms with E-state index in [0.29, 0.717) is 23.2 Å². The summed E-state index contributed by atoms with van der Waals surface area (Å²) in [6.45, 7) is 1.24. The van der Waals surface area contributed by atoms with Crippen molar-refractivity contribution in [2.75, 3.05) is 20.1 Å². The molecule has 3 rings (SSSR count). The van der Waals surface area contributed by atoms with Gasteiger partial charge in [0.05, 0.1) is 11.8 Å². The fraction of sp³-hybridized carbons (Fsp3) is 0.500. The molecular weight excluding hydrogens is 442 g/mol. The first-order chi connectivity index (χ1) is 15.4. The fourth-order valence-electron chi connectivity index (χ4n) is 3.32. The molecule has 2 heterocycles. The van der Waals surface area contributed by atoms with Crippen LogP contribution >= 0.6 is 11.8 Å². The number of alkyl halides is 2. The summed E-state index contributed by atoms with van der Waals surface area (Å²) in [5.74, 6) is 0.250. The average molecular weight is 469 g/mol. The van der Waals surface area contributed by atoms with Crippen molar-refractivity contribution in [1.82, 2.24) is 30.3 Å². The van der Waals surface area contributed by atoms with Crippen molar-refractivity contribution in [1.29, 1.82) is 0 Å². The summed E-state index contributed by atoms with van der Waals surface area (Å²) in [4.78, 5) is 26.0. The van der Waals surface area contributed by atoms with Crippen molar-refractivity contribution in [3.8, 4) is 11.4 Å². The quantitative estimate of drug-likeness (QED) is 0.575. The lowest BCUT2D eigenvalue weighted by molar-refractivity contribution is -0.119. The first-order valence-electron chi connectivity index (χ1n) is 10.3. The minimum absolute atomic E-state index is 0.0435. The molecule has 0 unspecified atom stereocenters. The maximum Gasteiger partial charge on any atom is 0.387 e. The van der Waals surface area contributed by atoms with Crippen molar-refractivity contribution in [2.45, 2.75) is 49.7 Å². The molecule has 3 amide bonds. The number of carbonyl (C=O) groups excluding carboxylic acids is 2. The predicted octanol–water partition coefficient (Wildman–Crippen LogP) is 2.79. The third-order valence-corrected chi connectivity index (χ3v) is 5.99. The Balaban J connectivity index is 1.85. The Hall–Kier alpha value is -2.73. The Morgan fingerprint density at radius 2 is 1.84 bits per heavy atom. The summed E-state index contributed by atoms with van der Waals surface area (Å²) < 4.78 is 31.2. The minimum atomic E-state index is -2.91. The number of benzene rings is 1. The van der Waals surface area contributed by atoms with E-state index in [0.717, 1.165) is 37.7 Å². The number of halogens is 2. The molecule has 1 aliphatic heterocycles. The normalized spacial score (nSPS) is 15.4. The van der Waals surface area contributed by atoms with E-state index >= 15 is 0 Å². The van der Waals surface area contributed by atoms with Gasteiger partial charge in [-0.05, 0) is 57.1 Å². The summed E-state index contributed by atoms with van der Waals surface area (Å²) in [5.41, 5.74) is 0.657. The van der Waals surface area contributed by atoms with Gasteiger partial charge in [-0.1, -0.05) is 18.2 Å². The van der Waals surface area contributed by atoms with Gasteiger partial charge in [-0.25, -0.2) is 4.79 Å². The van der Waals surface area contributed by atoms with E-state index in [1.165, 1.54) is 25.6 Å². The lowest BCUT2D eigenvalue weighted by atomic mass is 10.1. The van der Waals surface area contributed by atoms with Crippen molar-refractivity contribution >= 4 is 23.7 Å². The van der Waals surface area contributed by atoms with Gasteiger partial charge < -0.3 is 10.1 Å². The third-order valence-electron chi connectivity index (χ3n) is 4.95. The molecule has 1 fully saturated rings. The van der Waals surface area contributed by atoms with Crippen LogP contribution < -0.4 is 15.4 Å². The zero-order valence-corrected chi connectivity index (χ0v) is 18.7. The molecule has 0 aliphatic carbocycles. The molecule has 1 aromatic heterocycles. The smallest absolute Gasteiger partial charge is 0.387 e. The van der Waals surface area contributed by atoms with E-state index in [1.54, 1.807) is 23.6 Å². The second-order valence-corrected chi connectivity index (χ2v) is 8.58. The molecule has 1 atom stereocenters. The number of likely N-dealkylation sites (tertiary alicyclic amines) is 1. The second-order valence-electron chi connectivity index (χ2n) is 7.27. The summed E-state index contributed by atoms with van der Waals surface area (Å²) >= 11 is 1.15. The number of hydrogen-bond acceptors (Lipinski definition) is 7. The van der Waals surface area contributed by atoms with E-state index in [9.17, 15) is 18.4 Å². The van der Waals surface area contributed by atoms with E-state index in [-0.39, 0.29) is 5.75 Å².